The van der Waals surface area contributed by atoms with Crippen LogP contribution in [0.3, 0.4) is 0 Å². The molecule has 2 aromatic heterocycles. The molecule has 8 nitrogen and oxygen atoms in total. The first-order chi connectivity index (χ1) is 14.0. The third-order valence-corrected chi connectivity index (χ3v) is 5.37. The van der Waals surface area contributed by atoms with E-state index in [0.717, 1.165) is 16.1 Å². The standard InChI is InChI=1S/C20H16N4O4S/c1-10(25)27-13-6-5-11(8-14(13)26-2)16-12(9-21)19(22)28-20-17(16)18(23-24-20)15-4-3-7-29-15/h3-8,16H,22H2,1-2H3,(H,23,24)/t16-/m0/s1. The van der Waals surface area contributed by atoms with E-state index in [-0.39, 0.29) is 17.2 Å². The van der Waals surface area contributed by atoms with Crippen molar-refractivity contribution in [1.29, 1.82) is 5.26 Å². The molecule has 0 aliphatic carbocycles. The number of hydrogen-bond acceptors (Lipinski definition) is 8. The Bertz CT molecular complexity index is 1160. The third-order valence-electron chi connectivity index (χ3n) is 4.48. The van der Waals surface area contributed by atoms with E-state index in [1.165, 1.54) is 25.4 Å². The summed E-state index contributed by atoms with van der Waals surface area (Å²) >= 11 is 1.54. The summed E-state index contributed by atoms with van der Waals surface area (Å²) in [5, 5.41) is 19.0. The lowest BCUT2D eigenvalue weighted by Crippen LogP contribution is -2.21. The lowest BCUT2D eigenvalue weighted by molar-refractivity contribution is -0.132. The molecule has 146 valence electrons. The van der Waals surface area contributed by atoms with Gasteiger partial charge < -0.3 is 19.9 Å². The zero-order chi connectivity index (χ0) is 20.5. The zero-order valence-electron chi connectivity index (χ0n) is 15.6. The summed E-state index contributed by atoms with van der Waals surface area (Å²) in [5.41, 5.74) is 8.46. The van der Waals surface area contributed by atoms with Gasteiger partial charge in [-0.05, 0) is 29.1 Å². The van der Waals surface area contributed by atoms with Gasteiger partial charge in [0.2, 0.25) is 11.8 Å². The first kappa shape index (κ1) is 18.6. The Labute approximate surface area is 170 Å². The number of hydrogen-bond donors (Lipinski definition) is 2. The first-order valence-electron chi connectivity index (χ1n) is 8.59. The minimum absolute atomic E-state index is 0.00254. The summed E-state index contributed by atoms with van der Waals surface area (Å²) < 4.78 is 16.2. The number of allylic oxidation sites excluding steroid dienone is 1. The van der Waals surface area contributed by atoms with Crippen molar-refractivity contribution in [2.75, 3.05) is 7.11 Å². The second-order valence-corrected chi connectivity index (χ2v) is 7.17. The number of methoxy groups -OCH3 is 1. The Morgan fingerprint density at radius 2 is 2.21 bits per heavy atom. The SMILES string of the molecule is COc1cc([C@H]2C(C#N)=C(N)Oc3n[nH]c(-c4cccs4)c32)ccc1OC(C)=O. The summed E-state index contributed by atoms with van der Waals surface area (Å²) in [6, 6.07) is 11.1. The quantitative estimate of drug-likeness (QED) is 0.501. The van der Waals surface area contributed by atoms with Crippen LogP contribution >= 0.6 is 11.3 Å². The number of benzene rings is 1. The number of rotatable bonds is 4. The topological polar surface area (TPSA) is 123 Å². The molecule has 9 heteroatoms. The maximum absolute atomic E-state index is 11.3. The predicted molar refractivity (Wildman–Crippen MR) is 106 cm³/mol. The number of nitriles is 1. The summed E-state index contributed by atoms with van der Waals surface area (Å²) in [6.45, 7) is 1.31. The van der Waals surface area contributed by atoms with Gasteiger partial charge in [-0.1, -0.05) is 12.1 Å². The average molecular weight is 408 g/mol. The summed E-state index contributed by atoms with van der Waals surface area (Å²) in [5.74, 6) is -0.0175. The molecule has 0 amide bonds. The van der Waals surface area contributed by atoms with Crippen LogP contribution in [0.15, 0.2) is 47.2 Å². The normalized spacial score (nSPS) is 15.3. The number of fused-ring (bicyclic) bond motifs is 1. The van der Waals surface area contributed by atoms with Crippen molar-refractivity contribution in [3.8, 4) is 34.0 Å². The Balaban J connectivity index is 1.90. The van der Waals surface area contributed by atoms with E-state index < -0.39 is 11.9 Å². The summed E-state index contributed by atoms with van der Waals surface area (Å²) in [7, 11) is 1.48. The zero-order valence-corrected chi connectivity index (χ0v) is 16.4. The summed E-state index contributed by atoms with van der Waals surface area (Å²) in [6.07, 6.45) is 0. The molecule has 0 spiro atoms. The molecule has 1 aromatic carbocycles. The molecule has 3 N–H and O–H groups in total. The number of thiophene rings is 1. The van der Waals surface area contributed by atoms with Crippen LogP contribution < -0.4 is 19.9 Å². The molecule has 0 radical (unpaired) electrons. The van der Waals surface area contributed by atoms with Gasteiger partial charge >= 0.3 is 5.97 Å². The molecule has 0 saturated carbocycles. The Morgan fingerprint density at radius 1 is 1.38 bits per heavy atom. The van der Waals surface area contributed by atoms with Crippen molar-refractivity contribution >= 4 is 17.3 Å². The molecule has 1 aliphatic rings. The number of nitrogens with zero attached hydrogens (tertiary/aromatic N) is 2. The van der Waals surface area contributed by atoms with Gasteiger partial charge in [0.15, 0.2) is 11.5 Å². The molecular formula is C20H16N4O4S. The second-order valence-electron chi connectivity index (χ2n) is 6.22. The van der Waals surface area contributed by atoms with Crippen LogP contribution in [0, 0.1) is 11.3 Å². The van der Waals surface area contributed by atoms with Crippen LogP contribution in [0.5, 0.6) is 17.4 Å². The van der Waals surface area contributed by atoms with Crippen LogP contribution in [-0.4, -0.2) is 23.3 Å². The van der Waals surface area contributed by atoms with E-state index in [4.69, 9.17) is 19.9 Å². The van der Waals surface area contributed by atoms with Gasteiger partial charge in [0.1, 0.15) is 11.6 Å². The number of ether oxygens (including phenoxy) is 3. The lowest BCUT2D eigenvalue weighted by atomic mass is 9.83. The highest BCUT2D eigenvalue weighted by Crippen LogP contribution is 2.47. The van der Waals surface area contributed by atoms with E-state index in [9.17, 15) is 10.1 Å². The Hall–Kier alpha value is -3.77. The lowest BCUT2D eigenvalue weighted by Gasteiger charge is -2.24. The molecule has 29 heavy (non-hydrogen) atoms. The average Bonchev–Trinajstić information content (AvgIpc) is 3.36. The smallest absolute Gasteiger partial charge is 0.308 e. The van der Waals surface area contributed by atoms with Crippen LogP contribution in [0.1, 0.15) is 24.0 Å². The first-order valence-corrected chi connectivity index (χ1v) is 9.47. The van der Waals surface area contributed by atoms with E-state index in [0.29, 0.717) is 17.2 Å². The maximum Gasteiger partial charge on any atom is 0.308 e. The molecule has 0 fully saturated rings. The number of nitrogens with one attached hydrogen (secondary N) is 1. The van der Waals surface area contributed by atoms with Crippen molar-refractivity contribution in [3.05, 3.63) is 58.3 Å². The third kappa shape index (κ3) is 3.19. The maximum atomic E-state index is 11.3. The van der Waals surface area contributed by atoms with Crippen LogP contribution in [0.4, 0.5) is 0 Å². The number of aromatic nitrogens is 2. The fraction of sp³-hybridized carbons (Fsp3) is 0.150. The predicted octanol–water partition coefficient (Wildman–Crippen LogP) is 3.29. The minimum Gasteiger partial charge on any atom is -0.493 e. The van der Waals surface area contributed by atoms with Gasteiger partial charge in [-0.15, -0.1) is 16.4 Å². The van der Waals surface area contributed by atoms with E-state index in [1.807, 2.05) is 17.5 Å². The molecule has 3 heterocycles. The highest BCUT2D eigenvalue weighted by Gasteiger charge is 2.36. The van der Waals surface area contributed by atoms with Gasteiger partial charge in [-0.2, -0.15) is 5.26 Å². The van der Waals surface area contributed by atoms with Crippen molar-refractivity contribution < 1.29 is 19.0 Å². The summed E-state index contributed by atoms with van der Waals surface area (Å²) in [4.78, 5) is 12.3. The van der Waals surface area contributed by atoms with Crippen LogP contribution in [0.2, 0.25) is 0 Å². The fourth-order valence-corrected chi connectivity index (χ4v) is 4.02. The van der Waals surface area contributed by atoms with Gasteiger partial charge in [-0.3, -0.25) is 9.89 Å². The molecule has 3 aromatic rings. The number of carbonyl (C=O) groups excluding carboxylic acids is 1. The number of nitrogens with two attached hydrogens (primary N) is 1. The molecular weight excluding hydrogens is 392 g/mol. The van der Waals surface area contributed by atoms with Gasteiger partial charge in [0.25, 0.3) is 0 Å². The second kappa shape index (κ2) is 7.33. The van der Waals surface area contributed by atoms with Crippen LogP contribution in [0.25, 0.3) is 10.6 Å². The van der Waals surface area contributed by atoms with E-state index in [2.05, 4.69) is 16.3 Å². The van der Waals surface area contributed by atoms with Gasteiger partial charge in [0, 0.05) is 6.92 Å². The number of H-pyrrole nitrogens is 1. The van der Waals surface area contributed by atoms with E-state index >= 15 is 0 Å². The Kier molecular flexibility index (Phi) is 4.70. The Morgan fingerprint density at radius 3 is 2.86 bits per heavy atom. The van der Waals surface area contributed by atoms with Gasteiger partial charge in [-0.25, -0.2) is 0 Å². The number of aromatic amines is 1. The van der Waals surface area contributed by atoms with Gasteiger partial charge in [0.05, 0.1) is 29.2 Å². The highest BCUT2D eigenvalue weighted by molar-refractivity contribution is 7.13. The molecule has 1 atom stereocenters. The molecule has 0 saturated heterocycles. The molecule has 1 aliphatic heterocycles. The molecule has 4 rings (SSSR count). The van der Waals surface area contributed by atoms with Crippen LogP contribution in [-0.2, 0) is 4.79 Å². The number of esters is 1. The fourth-order valence-electron chi connectivity index (χ4n) is 3.29. The van der Waals surface area contributed by atoms with Crippen molar-refractivity contribution in [2.45, 2.75) is 12.8 Å². The van der Waals surface area contributed by atoms with Crippen molar-refractivity contribution in [1.82, 2.24) is 10.2 Å². The minimum atomic E-state index is -0.528. The van der Waals surface area contributed by atoms with E-state index in [1.54, 1.807) is 18.2 Å². The monoisotopic (exact) mass is 408 g/mol. The van der Waals surface area contributed by atoms with Crippen molar-refractivity contribution in [2.24, 2.45) is 5.73 Å². The number of carbonyl (C=O) groups is 1. The molecule has 0 unspecified atom stereocenters. The van der Waals surface area contributed by atoms with Crippen molar-refractivity contribution in [3.63, 3.8) is 0 Å². The highest BCUT2D eigenvalue weighted by atomic mass is 32.1. The molecule has 0 bridgehead atoms. The largest absolute Gasteiger partial charge is 0.493 e.